The van der Waals surface area contributed by atoms with Crippen LogP contribution in [0.2, 0.25) is 0 Å². The van der Waals surface area contributed by atoms with Crippen molar-refractivity contribution in [2.24, 2.45) is 0 Å². The number of hydrogen-bond acceptors (Lipinski definition) is 3. The molecular formula is C12H10N4OS. The van der Waals surface area contributed by atoms with Crippen LogP contribution in [0.1, 0.15) is 5.56 Å². The molecule has 3 rings (SSSR count). The Kier molecular flexibility index (Phi) is 2.38. The minimum Gasteiger partial charge on any atom is -0.287 e. The van der Waals surface area contributed by atoms with Crippen LogP contribution >= 0.6 is 12.2 Å². The van der Waals surface area contributed by atoms with Crippen LogP contribution in [0.5, 0.6) is 0 Å². The van der Waals surface area contributed by atoms with Gasteiger partial charge in [-0.05, 0) is 24.7 Å². The van der Waals surface area contributed by atoms with Crippen LogP contribution in [0.3, 0.4) is 0 Å². The summed E-state index contributed by atoms with van der Waals surface area (Å²) < 4.78 is 1.56. The molecule has 1 aromatic carbocycles. The van der Waals surface area contributed by atoms with Crippen LogP contribution in [0.4, 0.5) is 0 Å². The second kappa shape index (κ2) is 3.92. The van der Waals surface area contributed by atoms with Crippen LogP contribution in [-0.4, -0.2) is 19.6 Å². The minimum absolute atomic E-state index is 0.196. The number of nitrogens with zero attached hydrogens (tertiary/aromatic N) is 2. The first kappa shape index (κ1) is 10.9. The molecule has 0 bridgehead atoms. The number of rotatable bonds is 1. The standard InChI is InChI=1S/C12H10N4OS/c1-7-9(8-5-3-2-4-6-8)15-16-10(7)13-11(18)14-12(16)17/h2-6,15H,1H3,(H,14,17,18). The average Bonchev–Trinajstić information content (AvgIpc) is 2.69. The molecule has 0 amide bonds. The van der Waals surface area contributed by atoms with Gasteiger partial charge in [0.2, 0.25) is 4.77 Å². The van der Waals surface area contributed by atoms with E-state index in [1.807, 2.05) is 37.3 Å². The Balaban J connectivity index is 2.40. The summed E-state index contributed by atoms with van der Waals surface area (Å²) >= 11 is 4.92. The minimum atomic E-state index is -0.310. The van der Waals surface area contributed by atoms with Crippen molar-refractivity contribution in [1.29, 1.82) is 0 Å². The quantitative estimate of drug-likeness (QED) is 0.656. The lowest BCUT2D eigenvalue weighted by Gasteiger charge is -1.97. The molecule has 0 atom stereocenters. The highest BCUT2D eigenvalue weighted by atomic mass is 32.1. The van der Waals surface area contributed by atoms with Crippen LogP contribution in [0.25, 0.3) is 16.9 Å². The summed E-state index contributed by atoms with van der Waals surface area (Å²) in [7, 11) is 0. The molecule has 2 N–H and O–H groups in total. The molecule has 0 aliphatic heterocycles. The molecule has 0 spiro atoms. The Bertz CT molecular complexity index is 829. The number of aromatic nitrogens is 4. The molecule has 0 saturated carbocycles. The van der Waals surface area contributed by atoms with Crippen molar-refractivity contribution in [2.75, 3.05) is 0 Å². The summed E-state index contributed by atoms with van der Waals surface area (Å²) in [5.41, 5.74) is 3.02. The van der Waals surface area contributed by atoms with E-state index in [-0.39, 0.29) is 10.5 Å². The maximum atomic E-state index is 11.8. The van der Waals surface area contributed by atoms with E-state index in [2.05, 4.69) is 15.1 Å². The molecule has 18 heavy (non-hydrogen) atoms. The van der Waals surface area contributed by atoms with E-state index < -0.39 is 0 Å². The molecule has 2 heterocycles. The van der Waals surface area contributed by atoms with Crippen LogP contribution in [0, 0.1) is 11.7 Å². The van der Waals surface area contributed by atoms with Crippen molar-refractivity contribution >= 4 is 17.9 Å². The third kappa shape index (κ3) is 1.58. The third-order valence-corrected chi connectivity index (χ3v) is 3.03. The van der Waals surface area contributed by atoms with Crippen LogP contribution in [-0.2, 0) is 0 Å². The predicted octanol–water partition coefficient (Wildman–Crippen LogP) is 2.06. The van der Waals surface area contributed by atoms with Crippen LogP contribution in [0.15, 0.2) is 35.1 Å². The van der Waals surface area contributed by atoms with E-state index in [1.165, 1.54) is 4.52 Å². The molecule has 3 aromatic rings. The van der Waals surface area contributed by atoms with Gasteiger partial charge in [0.1, 0.15) is 0 Å². The number of aromatic amines is 2. The summed E-state index contributed by atoms with van der Waals surface area (Å²) in [5, 5.41) is 3.04. The molecule has 5 nitrogen and oxygen atoms in total. The van der Waals surface area contributed by atoms with Crippen molar-refractivity contribution in [3.63, 3.8) is 0 Å². The van der Waals surface area contributed by atoms with Gasteiger partial charge < -0.3 is 0 Å². The monoisotopic (exact) mass is 258 g/mol. The molecule has 2 aromatic heterocycles. The molecule has 0 fully saturated rings. The predicted molar refractivity (Wildman–Crippen MR) is 71.2 cm³/mol. The van der Waals surface area contributed by atoms with Gasteiger partial charge in [-0.2, -0.15) is 4.52 Å². The van der Waals surface area contributed by atoms with Gasteiger partial charge in [-0.3, -0.25) is 10.1 Å². The highest BCUT2D eigenvalue weighted by Crippen LogP contribution is 2.22. The normalized spacial score (nSPS) is 10.9. The van der Waals surface area contributed by atoms with Gasteiger partial charge in [0.15, 0.2) is 5.65 Å². The van der Waals surface area contributed by atoms with Gasteiger partial charge in [-0.1, -0.05) is 30.3 Å². The Hall–Kier alpha value is -2.21. The second-order valence-electron chi connectivity index (χ2n) is 3.98. The Labute approximate surface area is 107 Å². The molecule has 0 aliphatic rings. The number of aryl methyl sites for hydroxylation is 1. The lowest BCUT2D eigenvalue weighted by atomic mass is 10.1. The number of H-pyrrole nitrogens is 2. The summed E-state index contributed by atoms with van der Waals surface area (Å²) in [6, 6.07) is 9.78. The Morgan fingerprint density at radius 3 is 2.72 bits per heavy atom. The average molecular weight is 258 g/mol. The highest BCUT2D eigenvalue weighted by molar-refractivity contribution is 7.71. The topological polar surface area (TPSA) is 65.9 Å². The zero-order chi connectivity index (χ0) is 12.7. The fourth-order valence-corrected chi connectivity index (χ4v) is 2.14. The van der Waals surface area contributed by atoms with Gasteiger partial charge in [0.25, 0.3) is 0 Å². The molecule has 0 saturated heterocycles. The van der Waals surface area contributed by atoms with E-state index in [4.69, 9.17) is 12.2 Å². The molecule has 0 unspecified atom stereocenters. The van der Waals surface area contributed by atoms with Crippen molar-refractivity contribution in [1.82, 2.24) is 19.6 Å². The van der Waals surface area contributed by atoms with Gasteiger partial charge in [-0.15, -0.1) is 0 Å². The van der Waals surface area contributed by atoms with Crippen molar-refractivity contribution in [3.8, 4) is 11.3 Å². The van der Waals surface area contributed by atoms with Crippen molar-refractivity contribution in [2.45, 2.75) is 6.92 Å². The van der Waals surface area contributed by atoms with Crippen molar-refractivity contribution in [3.05, 3.63) is 51.2 Å². The number of fused-ring (bicyclic) bond motifs is 1. The lowest BCUT2D eigenvalue weighted by molar-refractivity contribution is 0.836. The Morgan fingerprint density at radius 1 is 1.28 bits per heavy atom. The number of nitrogens with one attached hydrogen (secondary N) is 2. The summed E-state index contributed by atoms with van der Waals surface area (Å²) in [5.74, 6) is 0. The number of hydrogen-bond donors (Lipinski definition) is 2. The van der Waals surface area contributed by atoms with E-state index in [9.17, 15) is 4.79 Å². The van der Waals surface area contributed by atoms with Crippen LogP contribution < -0.4 is 5.69 Å². The zero-order valence-electron chi connectivity index (χ0n) is 9.60. The summed E-state index contributed by atoms with van der Waals surface area (Å²) in [4.78, 5) is 18.4. The highest BCUT2D eigenvalue weighted by Gasteiger charge is 2.11. The SMILES string of the molecule is Cc1c(-c2ccccc2)[nH]n2c(=O)[nH]c(=S)nc12. The summed E-state index contributed by atoms with van der Waals surface area (Å²) in [6.07, 6.45) is 0. The number of benzene rings is 1. The lowest BCUT2D eigenvalue weighted by Crippen LogP contribution is -2.18. The molecule has 90 valence electrons. The van der Waals surface area contributed by atoms with E-state index in [0.717, 1.165) is 16.8 Å². The van der Waals surface area contributed by atoms with E-state index in [0.29, 0.717) is 5.65 Å². The first-order valence-electron chi connectivity index (χ1n) is 5.44. The Morgan fingerprint density at radius 2 is 2.00 bits per heavy atom. The van der Waals surface area contributed by atoms with Gasteiger partial charge >= 0.3 is 5.69 Å². The molecule has 0 aliphatic carbocycles. The second-order valence-corrected chi connectivity index (χ2v) is 4.37. The third-order valence-electron chi connectivity index (χ3n) is 2.83. The van der Waals surface area contributed by atoms with Crippen molar-refractivity contribution < 1.29 is 0 Å². The molecule has 6 heteroatoms. The fraction of sp³-hybridized carbons (Fsp3) is 0.0833. The summed E-state index contributed by atoms with van der Waals surface area (Å²) in [6.45, 7) is 1.91. The van der Waals surface area contributed by atoms with Gasteiger partial charge in [0.05, 0.1) is 5.69 Å². The van der Waals surface area contributed by atoms with Gasteiger partial charge in [0, 0.05) is 5.56 Å². The first-order valence-corrected chi connectivity index (χ1v) is 5.85. The molecular weight excluding hydrogens is 248 g/mol. The van der Waals surface area contributed by atoms with E-state index in [1.54, 1.807) is 0 Å². The fourth-order valence-electron chi connectivity index (χ4n) is 1.97. The maximum absolute atomic E-state index is 11.8. The van der Waals surface area contributed by atoms with Gasteiger partial charge in [-0.25, -0.2) is 9.78 Å². The first-order chi connectivity index (χ1) is 8.66. The van der Waals surface area contributed by atoms with E-state index >= 15 is 0 Å². The molecule has 0 radical (unpaired) electrons. The smallest absolute Gasteiger partial charge is 0.287 e. The zero-order valence-corrected chi connectivity index (χ0v) is 10.4. The largest absolute Gasteiger partial charge is 0.348 e. The maximum Gasteiger partial charge on any atom is 0.348 e.